The van der Waals surface area contributed by atoms with Gasteiger partial charge in [0.15, 0.2) is 0 Å². The molecule has 2 aromatic carbocycles. The maximum absolute atomic E-state index is 13.2. The molecule has 126 valence electrons. The van der Waals surface area contributed by atoms with Gasteiger partial charge in [0, 0.05) is 22.3 Å². The topological polar surface area (TPSA) is 24.8 Å². The minimum atomic E-state index is -4.46. The largest absolute Gasteiger partial charge is 0.497 e. The van der Waals surface area contributed by atoms with Gasteiger partial charge in [-0.15, -0.1) is 0 Å². The Kier molecular flexibility index (Phi) is 4.54. The lowest BCUT2D eigenvalue weighted by Crippen LogP contribution is -2.35. The Labute approximate surface area is 145 Å². The fourth-order valence-corrected chi connectivity index (χ4v) is 2.96. The highest BCUT2D eigenvalue weighted by Crippen LogP contribution is 2.35. The minimum absolute atomic E-state index is 0.0374. The van der Waals surface area contributed by atoms with E-state index in [1.54, 1.807) is 19.2 Å². The number of fused-ring (bicyclic) bond motifs is 1. The second kappa shape index (κ2) is 6.47. The van der Waals surface area contributed by atoms with E-state index in [4.69, 9.17) is 4.74 Å². The lowest BCUT2D eigenvalue weighted by atomic mass is 10.0. The summed E-state index contributed by atoms with van der Waals surface area (Å²) < 4.78 is 45.4. The van der Waals surface area contributed by atoms with E-state index >= 15 is 0 Å². The van der Waals surface area contributed by atoms with Crippen LogP contribution in [0.1, 0.15) is 11.1 Å². The van der Waals surface area contributed by atoms with Crippen LogP contribution in [0.25, 0.3) is 0 Å². The number of benzene rings is 2. The standard InChI is InChI=1S/C17H14BrF3N2O/c1-24-13-5-2-11(3-6-13)9-23-10-22-16(17(19,20)21)14-7-4-12(18)8-15(14)23/h2-8H,9-10H2,1H3. The molecule has 0 radical (unpaired) electrons. The highest BCUT2D eigenvalue weighted by atomic mass is 79.9. The van der Waals surface area contributed by atoms with Gasteiger partial charge in [-0.25, -0.2) is 0 Å². The molecule has 0 unspecified atom stereocenters. The van der Waals surface area contributed by atoms with E-state index in [9.17, 15) is 13.2 Å². The van der Waals surface area contributed by atoms with E-state index in [1.165, 1.54) is 6.07 Å². The molecular weight excluding hydrogens is 385 g/mol. The molecule has 0 N–H and O–H groups in total. The van der Waals surface area contributed by atoms with Crippen LogP contribution in [-0.4, -0.2) is 25.7 Å². The van der Waals surface area contributed by atoms with Crippen LogP contribution in [0.4, 0.5) is 18.9 Å². The van der Waals surface area contributed by atoms with Gasteiger partial charge < -0.3 is 9.64 Å². The summed E-state index contributed by atoms with van der Waals surface area (Å²) in [6.07, 6.45) is -4.46. The van der Waals surface area contributed by atoms with Crippen molar-refractivity contribution in [2.75, 3.05) is 18.7 Å². The number of aliphatic imine (C=N–C) groups is 1. The Hall–Kier alpha value is -2.02. The zero-order valence-electron chi connectivity index (χ0n) is 12.8. The molecule has 0 amide bonds. The molecule has 2 aromatic rings. The van der Waals surface area contributed by atoms with Crippen molar-refractivity contribution in [3.63, 3.8) is 0 Å². The molecular formula is C17H14BrF3N2O. The van der Waals surface area contributed by atoms with Crippen molar-refractivity contribution in [1.82, 2.24) is 0 Å². The number of alkyl halides is 3. The second-order valence-corrected chi connectivity index (χ2v) is 6.27. The average molecular weight is 399 g/mol. The van der Waals surface area contributed by atoms with Gasteiger partial charge in [0.2, 0.25) is 0 Å². The van der Waals surface area contributed by atoms with E-state index in [0.717, 1.165) is 15.8 Å². The lowest BCUT2D eigenvalue weighted by Gasteiger charge is -2.31. The molecule has 1 aliphatic heterocycles. The summed E-state index contributed by atoms with van der Waals surface area (Å²) in [6.45, 7) is 0.423. The molecule has 3 rings (SSSR count). The first-order chi connectivity index (χ1) is 11.4. The van der Waals surface area contributed by atoms with Gasteiger partial charge >= 0.3 is 6.18 Å². The minimum Gasteiger partial charge on any atom is -0.497 e. The number of hydrogen-bond acceptors (Lipinski definition) is 3. The fraction of sp³-hybridized carbons (Fsp3) is 0.235. The molecule has 3 nitrogen and oxygen atoms in total. The van der Waals surface area contributed by atoms with Gasteiger partial charge in [0.1, 0.15) is 18.1 Å². The van der Waals surface area contributed by atoms with E-state index < -0.39 is 11.9 Å². The van der Waals surface area contributed by atoms with Gasteiger partial charge in [-0.1, -0.05) is 28.1 Å². The van der Waals surface area contributed by atoms with Crippen LogP contribution in [0.5, 0.6) is 5.75 Å². The Morgan fingerprint density at radius 2 is 1.88 bits per heavy atom. The van der Waals surface area contributed by atoms with Crippen LogP contribution >= 0.6 is 15.9 Å². The first-order valence-corrected chi connectivity index (χ1v) is 7.97. The van der Waals surface area contributed by atoms with Crippen molar-refractivity contribution in [3.05, 3.63) is 58.1 Å². The molecule has 0 spiro atoms. The van der Waals surface area contributed by atoms with Gasteiger partial charge in [0.05, 0.1) is 7.11 Å². The van der Waals surface area contributed by atoms with Crippen LogP contribution in [0, 0.1) is 0 Å². The highest BCUT2D eigenvalue weighted by molar-refractivity contribution is 9.10. The van der Waals surface area contributed by atoms with Crippen LogP contribution in [-0.2, 0) is 6.54 Å². The first-order valence-electron chi connectivity index (χ1n) is 7.18. The lowest BCUT2D eigenvalue weighted by molar-refractivity contribution is -0.0583. The number of nitrogens with zero attached hydrogens (tertiary/aromatic N) is 2. The highest BCUT2D eigenvalue weighted by Gasteiger charge is 2.40. The van der Waals surface area contributed by atoms with Crippen molar-refractivity contribution in [2.45, 2.75) is 12.7 Å². The predicted molar refractivity (Wildman–Crippen MR) is 90.8 cm³/mol. The van der Waals surface area contributed by atoms with Crippen molar-refractivity contribution < 1.29 is 17.9 Å². The van der Waals surface area contributed by atoms with Crippen LogP contribution in [0.2, 0.25) is 0 Å². The molecule has 1 aliphatic rings. The van der Waals surface area contributed by atoms with Crippen molar-refractivity contribution >= 4 is 27.3 Å². The summed E-state index contributed by atoms with van der Waals surface area (Å²) in [5.74, 6) is 0.734. The van der Waals surface area contributed by atoms with Gasteiger partial charge in [0.25, 0.3) is 0 Å². The third kappa shape index (κ3) is 3.40. The molecule has 0 aliphatic carbocycles. The van der Waals surface area contributed by atoms with Gasteiger partial charge in [-0.2, -0.15) is 13.2 Å². The summed E-state index contributed by atoms with van der Waals surface area (Å²) >= 11 is 3.33. The quantitative estimate of drug-likeness (QED) is 0.742. The molecule has 24 heavy (non-hydrogen) atoms. The molecule has 1 heterocycles. The maximum atomic E-state index is 13.2. The molecule has 0 saturated heterocycles. The van der Waals surface area contributed by atoms with Crippen LogP contribution in [0.3, 0.4) is 0 Å². The zero-order chi connectivity index (χ0) is 17.3. The smallest absolute Gasteiger partial charge is 0.433 e. The Morgan fingerprint density at radius 1 is 1.17 bits per heavy atom. The number of methoxy groups -OCH3 is 1. The fourth-order valence-electron chi connectivity index (χ4n) is 2.61. The first kappa shape index (κ1) is 16.8. The number of hydrogen-bond donors (Lipinski definition) is 0. The van der Waals surface area contributed by atoms with Crippen molar-refractivity contribution in [3.8, 4) is 5.75 Å². The number of anilines is 1. The van der Waals surface area contributed by atoms with Crippen molar-refractivity contribution in [2.24, 2.45) is 4.99 Å². The molecule has 0 bridgehead atoms. The Morgan fingerprint density at radius 3 is 2.50 bits per heavy atom. The average Bonchev–Trinajstić information content (AvgIpc) is 2.55. The molecule has 7 heteroatoms. The maximum Gasteiger partial charge on any atom is 0.433 e. The molecule has 0 atom stereocenters. The van der Waals surface area contributed by atoms with Crippen LogP contribution < -0.4 is 9.64 Å². The number of ether oxygens (including phenoxy) is 1. The SMILES string of the molecule is COc1ccc(CN2CN=C(C(F)(F)F)c3ccc(Br)cc32)cc1. The third-order valence-corrected chi connectivity index (χ3v) is 4.25. The van der Waals surface area contributed by atoms with Gasteiger partial charge in [-0.3, -0.25) is 4.99 Å². The molecule has 0 fully saturated rings. The van der Waals surface area contributed by atoms with Crippen molar-refractivity contribution in [1.29, 1.82) is 0 Å². The second-order valence-electron chi connectivity index (χ2n) is 5.35. The van der Waals surface area contributed by atoms with E-state index in [-0.39, 0.29) is 12.2 Å². The molecule has 0 aromatic heterocycles. The Balaban J connectivity index is 1.93. The summed E-state index contributed by atoms with van der Waals surface area (Å²) in [5, 5.41) is 0. The van der Waals surface area contributed by atoms with Gasteiger partial charge in [-0.05, 0) is 35.9 Å². The molecule has 0 saturated carbocycles. The summed E-state index contributed by atoms with van der Waals surface area (Å²) in [7, 11) is 1.58. The summed E-state index contributed by atoms with van der Waals surface area (Å²) in [5.41, 5.74) is 0.761. The zero-order valence-corrected chi connectivity index (χ0v) is 14.4. The van der Waals surface area contributed by atoms with E-state index in [0.29, 0.717) is 12.2 Å². The predicted octanol–water partition coefficient (Wildman–Crippen LogP) is 4.79. The summed E-state index contributed by atoms with van der Waals surface area (Å²) in [4.78, 5) is 5.58. The van der Waals surface area contributed by atoms with E-state index in [1.807, 2.05) is 29.2 Å². The van der Waals surface area contributed by atoms with E-state index in [2.05, 4.69) is 20.9 Å². The monoisotopic (exact) mass is 398 g/mol. The number of halogens is 4. The van der Waals surface area contributed by atoms with Crippen LogP contribution in [0.15, 0.2) is 51.9 Å². The summed E-state index contributed by atoms with van der Waals surface area (Å²) in [6, 6.07) is 12.2. The normalized spacial score (nSPS) is 14.2. The number of rotatable bonds is 3. The third-order valence-electron chi connectivity index (χ3n) is 3.76. The Bertz CT molecular complexity index is 772.